The first-order valence-electron chi connectivity index (χ1n) is 36.6. The minimum atomic E-state index is -4.95. The Bertz CT molecular complexity index is 1720. The van der Waals surface area contributed by atoms with Gasteiger partial charge in [-0.25, -0.2) is 9.13 Å². The lowest BCUT2D eigenvalue weighted by Gasteiger charge is -2.21. The van der Waals surface area contributed by atoms with Crippen LogP contribution in [0.25, 0.3) is 0 Å². The Morgan fingerprint density at radius 3 is 0.764 bits per heavy atom. The number of hydrogen-bond donors (Lipinski definition) is 3. The van der Waals surface area contributed by atoms with Gasteiger partial charge in [0.05, 0.1) is 26.4 Å². The van der Waals surface area contributed by atoms with Gasteiger partial charge >= 0.3 is 39.5 Å². The van der Waals surface area contributed by atoms with E-state index in [-0.39, 0.29) is 25.7 Å². The molecular weight excluding hydrogens is 1170 g/mol. The van der Waals surface area contributed by atoms with Crippen molar-refractivity contribution in [3.63, 3.8) is 0 Å². The van der Waals surface area contributed by atoms with Crippen molar-refractivity contribution in [2.75, 3.05) is 39.6 Å². The maximum Gasteiger partial charge on any atom is 0.472 e. The van der Waals surface area contributed by atoms with Crippen molar-refractivity contribution in [3.05, 3.63) is 0 Å². The molecule has 89 heavy (non-hydrogen) atoms. The number of phosphoric ester groups is 2. The fraction of sp³-hybridized carbons (Fsp3) is 0.943. The van der Waals surface area contributed by atoms with Gasteiger partial charge in [0.2, 0.25) is 0 Å². The molecule has 0 rings (SSSR count). The minimum absolute atomic E-state index is 0.107. The van der Waals surface area contributed by atoms with Crippen LogP contribution in [-0.4, -0.2) is 96.7 Å². The average Bonchev–Trinajstić information content (AvgIpc) is 3.72. The summed E-state index contributed by atoms with van der Waals surface area (Å²) in [5.41, 5.74) is 0. The molecule has 0 aliphatic rings. The summed E-state index contributed by atoms with van der Waals surface area (Å²) in [6, 6.07) is 0. The summed E-state index contributed by atoms with van der Waals surface area (Å²) in [7, 11) is -9.89. The van der Waals surface area contributed by atoms with E-state index in [0.717, 1.165) is 102 Å². The Labute approximate surface area is 543 Å². The average molecular weight is 1310 g/mol. The number of esters is 4. The highest BCUT2D eigenvalue weighted by atomic mass is 31.2. The first kappa shape index (κ1) is 87.1. The molecule has 528 valence electrons. The van der Waals surface area contributed by atoms with E-state index in [0.29, 0.717) is 25.7 Å². The minimum Gasteiger partial charge on any atom is -0.462 e. The highest BCUT2D eigenvalue weighted by Gasteiger charge is 2.30. The molecule has 0 saturated carbocycles. The maximum atomic E-state index is 13.0. The van der Waals surface area contributed by atoms with Crippen LogP contribution in [0.3, 0.4) is 0 Å². The Morgan fingerprint density at radius 2 is 0.517 bits per heavy atom. The summed E-state index contributed by atoms with van der Waals surface area (Å²) in [5.74, 6) is -1.36. The lowest BCUT2D eigenvalue weighted by atomic mass is 10.0. The van der Waals surface area contributed by atoms with Gasteiger partial charge in [0.25, 0.3) is 0 Å². The van der Waals surface area contributed by atoms with Crippen molar-refractivity contribution in [3.8, 4) is 0 Å². The molecule has 0 aliphatic carbocycles. The third-order valence-electron chi connectivity index (χ3n) is 16.3. The Hall–Kier alpha value is -1.94. The van der Waals surface area contributed by atoms with E-state index in [9.17, 15) is 43.2 Å². The molecule has 5 atom stereocenters. The zero-order valence-electron chi connectivity index (χ0n) is 57.6. The second-order valence-electron chi connectivity index (χ2n) is 25.7. The molecule has 0 aromatic carbocycles. The van der Waals surface area contributed by atoms with Crippen LogP contribution in [0.5, 0.6) is 0 Å². The SMILES string of the molecule is CCCCCCCCCCCCCCCCCCCCC(=O)O[C@H](COC(=O)CCCCCCCCCCCCCC(C)C)COP(=O)(O)OC[C@@H](O)COP(=O)(O)OC[C@@H](COC(=O)CCCCCCC)OC(=O)CCCCCCCCCCCCCC. The second kappa shape index (κ2) is 63.5. The van der Waals surface area contributed by atoms with Crippen LogP contribution in [0.2, 0.25) is 0 Å². The number of rotatable bonds is 70. The van der Waals surface area contributed by atoms with E-state index in [4.69, 9.17) is 37.0 Å². The van der Waals surface area contributed by atoms with Gasteiger partial charge < -0.3 is 33.8 Å². The topological polar surface area (TPSA) is 237 Å². The standard InChI is InChI=1S/C70H136O17P2/c1-6-9-12-15-17-19-21-23-24-25-26-27-28-32-37-41-46-51-56-70(75)87-66(60-81-68(73)54-49-44-39-35-33-29-30-34-38-43-47-52-63(4)5)62-85-89(78,79)83-58-64(71)57-82-88(76,77)84-61-65(59-80-67(72)53-48-42-14-11-8-3)86-69(74)55-50-45-40-36-31-22-20-18-16-13-10-7-2/h63-66,71H,6-62H2,1-5H3,(H,76,77)(H,78,79)/t64-,65+,66+/m0/s1. The number of phosphoric acid groups is 2. The van der Waals surface area contributed by atoms with E-state index >= 15 is 0 Å². The smallest absolute Gasteiger partial charge is 0.462 e. The monoisotopic (exact) mass is 1310 g/mol. The van der Waals surface area contributed by atoms with E-state index in [2.05, 4.69) is 34.6 Å². The van der Waals surface area contributed by atoms with Gasteiger partial charge in [0.1, 0.15) is 19.3 Å². The lowest BCUT2D eigenvalue weighted by Crippen LogP contribution is -2.30. The number of hydrogen-bond acceptors (Lipinski definition) is 15. The zero-order chi connectivity index (χ0) is 65.6. The summed E-state index contributed by atoms with van der Waals surface area (Å²) in [6.07, 6.45) is 50.3. The molecule has 3 N–H and O–H groups in total. The third-order valence-corrected chi connectivity index (χ3v) is 18.2. The second-order valence-corrected chi connectivity index (χ2v) is 28.7. The molecule has 0 radical (unpaired) electrons. The van der Waals surface area contributed by atoms with Gasteiger partial charge in [0, 0.05) is 25.7 Å². The Morgan fingerprint density at radius 1 is 0.303 bits per heavy atom. The molecule has 0 aliphatic heterocycles. The van der Waals surface area contributed by atoms with E-state index in [1.807, 2.05) is 0 Å². The van der Waals surface area contributed by atoms with Crippen LogP contribution in [0, 0.1) is 5.92 Å². The molecule has 2 unspecified atom stereocenters. The molecule has 0 spiro atoms. The van der Waals surface area contributed by atoms with Crippen LogP contribution in [0.15, 0.2) is 0 Å². The zero-order valence-corrected chi connectivity index (χ0v) is 59.4. The number of aliphatic hydroxyl groups is 1. The van der Waals surface area contributed by atoms with Crippen molar-refractivity contribution in [2.24, 2.45) is 5.92 Å². The lowest BCUT2D eigenvalue weighted by molar-refractivity contribution is -0.161. The number of aliphatic hydroxyl groups excluding tert-OH is 1. The van der Waals surface area contributed by atoms with Crippen LogP contribution < -0.4 is 0 Å². The first-order valence-corrected chi connectivity index (χ1v) is 39.6. The predicted molar refractivity (Wildman–Crippen MR) is 358 cm³/mol. The van der Waals surface area contributed by atoms with E-state index in [1.54, 1.807) is 0 Å². The summed E-state index contributed by atoms with van der Waals surface area (Å²) in [6.45, 7) is 7.17. The number of carbonyl (C=O) groups excluding carboxylic acids is 4. The number of unbranched alkanes of at least 4 members (excludes halogenated alkanes) is 42. The van der Waals surface area contributed by atoms with Gasteiger partial charge in [-0.15, -0.1) is 0 Å². The fourth-order valence-electron chi connectivity index (χ4n) is 10.6. The van der Waals surface area contributed by atoms with Gasteiger partial charge in [-0.3, -0.25) is 37.3 Å². The van der Waals surface area contributed by atoms with Crippen LogP contribution in [-0.2, 0) is 65.4 Å². The fourth-order valence-corrected chi connectivity index (χ4v) is 12.2. The maximum absolute atomic E-state index is 13.0. The number of carbonyl (C=O) groups is 4. The van der Waals surface area contributed by atoms with Crippen LogP contribution in [0.4, 0.5) is 0 Å². The van der Waals surface area contributed by atoms with Crippen LogP contribution in [0.1, 0.15) is 362 Å². The summed E-state index contributed by atoms with van der Waals surface area (Å²) in [5, 5.41) is 10.6. The number of ether oxygens (including phenoxy) is 4. The molecule has 0 bridgehead atoms. The molecule has 0 fully saturated rings. The van der Waals surface area contributed by atoms with Crippen LogP contribution >= 0.6 is 15.6 Å². The summed E-state index contributed by atoms with van der Waals surface area (Å²) >= 11 is 0. The van der Waals surface area contributed by atoms with Crippen molar-refractivity contribution in [1.82, 2.24) is 0 Å². The van der Waals surface area contributed by atoms with Crippen molar-refractivity contribution in [1.29, 1.82) is 0 Å². The summed E-state index contributed by atoms with van der Waals surface area (Å²) < 4.78 is 68.1. The van der Waals surface area contributed by atoms with Gasteiger partial charge in [-0.05, 0) is 31.6 Å². The van der Waals surface area contributed by atoms with Gasteiger partial charge in [-0.1, -0.05) is 311 Å². The third kappa shape index (κ3) is 64.6. The molecule has 0 heterocycles. The van der Waals surface area contributed by atoms with Crippen molar-refractivity contribution in [2.45, 2.75) is 380 Å². The Kier molecular flexibility index (Phi) is 62.1. The molecule has 0 amide bonds. The van der Waals surface area contributed by atoms with E-state index < -0.39 is 97.5 Å². The molecule has 0 saturated heterocycles. The summed E-state index contributed by atoms with van der Waals surface area (Å²) in [4.78, 5) is 72.3. The van der Waals surface area contributed by atoms with Gasteiger partial charge in [-0.2, -0.15) is 0 Å². The van der Waals surface area contributed by atoms with E-state index in [1.165, 1.54) is 180 Å². The Balaban J connectivity index is 5.15. The largest absolute Gasteiger partial charge is 0.472 e. The molecule has 17 nitrogen and oxygen atoms in total. The predicted octanol–water partition coefficient (Wildman–Crippen LogP) is 20.1. The highest BCUT2D eigenvalue weighted by molar-refractivity contribution is 7.47. The molecule has 0 aromatic heterocycles. The molecular formula is C70H136O17P2. The normalized spacial score (nSPS) is 14.1. The van der Waals surface area contributed by atoms with Crippen molar-refractivity contribution < 1.29 is 80.2 Å². The van der Waals surface area contributed by atoms with Crippen molar-refractivity contribution >= 4 is 39.5 Å². The first-order chi connectivity index (χ1) is 43.0. The molecule has 0 aromatic rings. The quantitative estimate of drug-likeness (QED) is 0.0222. The molecule has 19 heteroatoms. The van der Waals surface area contributed by atoms with Gasteiger partial charge in [0.15, 0.2) is 12.2 Å². The highest BCUT2D eigenvalue weighted by Crippen LogP contribution is 2.45.